The normalized spacial score (nSPS) is 30.5. The zero-order valence-electron chi connectivity index (χ0n) is 9.06. The Bertz CT molecular complexity index is 131. The van der Waals surface area contributed by atoms with E-state index in [0.29, 0.717) is 5.38 Å². The molecular formula is C12H23Cl. The minimum Gasteiger partial charge on any atom is -0.123 e. The summed E-state index contributed by atoms with van der Waals surface area (Å²) in [5.41, 5.74) is 0. The first-order valence-corrected chi connectivity index (χ1v) is 6.28. The van der Waals surface area contributed by atoms with Gasteiger partial charge in [-0.15, -0.1) is 11.6 Å². The second-order valence-electron chi connectivity index (χ2n) is 4.89. The highest BCUT2D eigenvalue weighted by molar-refractivity contribution is 6.20. The molecule has 0 spiro atoms. The van der Waals surface area contributed by atoms with Crippen LogP contribution < -0.4 is 0 Å². The molecule has 1 rings (SSSR count). The van der Waals surface area contributed by atoms with Gasteiger partial charge in [0, 0.05) is 5.38 Å². The SMILES string of the molecule is CC(C)CCC1CCCCCC1Cl. The van der Waals surface area contributed by atoms with Crippen LogP contribution in [-0.4, -0.2) is 5.38 Å². The van der Waals surface area contributed by atoms with Crippen molar-refractivity contribution >= 4 is 11.6 Å². The third-order valence-corrected chi connectivity index (χ3v) is 3.76. The molecule has 0 aliphatic heterocycles. The van der Waals surface area contributed by atoms with Crippen molar-refractivity contribution in [2.45, 2.75) is 64.2 Å². The van der Waals surface area contributed by atoms with Crippen molar-refractivity contribution in [2.24, 2.45) is 11.8 Å². The maximum Gasteiger partial charge on any atom is 0.0364 e. The standard InChI is InChI=1S/C12H23Cl/c1-10(2)8-9-11-6-4-3-5-7-12(11)13/h10-12H,3-9H2,1-2H3. The van der Waals surface area contributed by atoms with E-state index in [9.17, 15) is 0 Å². The molecule has 0 heterocycles. The van der Waals surface area contributed by atoms with Gasteiger partial charge in [-0.1, -0.05) is 39.5 Å². The van der Waals surface area contributed by atoms with Gasteiger partial charge in [0.25, 0.3) is 0 Å². The zero-order valence-corrected chi connectivity index (χ0v) is 9.82. The minimum atomic E-state index is 0.473. The number of rotatable bonds is 3. The lowest BCUT2D eigenvalue weighted by Crippen LogP contribution is -2.13. The lowest BCUT2D eigenvalue weighted by Gasteiger charge is -2.20. The molecular weight excluding hydrogens is 180 g/mol. The molecule has 0 aromatic rings. The molecule has 2 unspecified atom stereocenters. The second kappa shape index (κ2) is 5.90. The Hall–Kier alpha value is 0.290. The van der Waals surface area contributed by atoms with Crippen LogP contribution in [-0.2, 0) is 0 Å². The van der Waals surface area contributed by atoms with Gasteiger partial charge in [0.15, 0.2) is 0 Å². The number of hydrogen-bond acceptors (Lipinski definition) is 0. The third-order valence-electron chi connectivity index (χ3n) is 3.18. The van der Waals surface area contributed by atoms with Gasteiger partial charge in [0.05, 0.1) is 0 Å². The molecule has 0 N–H and O–H groups in total. The number of alkyl halides is 1. The van der Waals surface area contributed by atoms with Crippen LogP contribution in [0.1, 0.15) is 58.8 Å². The van der Waals surface area contributed by atoms with E-state index >= 15 is 0 Å². The summed E-state index contributed by atoms with van der Waals surface area (Å²) in [5, 5.41) is 0.473. The van der Waals surface area contributed by atoms with Crippen LogP contribution in [0.2, 0.25) is 0 Å². The zero-order chi connectivity index (χ0) is 9.68. The second-order valence-corrected chi connectivity index (χ2v) is 5.45. The van der Waals surface area contributed by atoms with Crippen molar-refractivity contribution in [3.63, 3.8) is 0 Å². The quantitative estimate of drug-likeness (QED) is 0.463. The summed E-state index contributed by atoms with van der Waals surface area (Å²) in [4.78, 5) is 0. The highest BCUT2D eigenvalue weighted by Crippen LogP contribution is 2.31. The van der Waals surface area contributed by atoms with Crippen LogP contribution in [0, 0.1) is 11.8 Å². The summed E-state index contributed by atoms with van der Waals surface area (Å²) in [7, 11) is 0. The van der Waals surface area contributed by atoms with E-state index in [0.717, 1.165) is 11.8 Å². The summed E-state index contributed by atoms with van der Waals surface area (Å²) < 4.78 is 0. The van der Waals surface area contributed by atoms with Gasteiger partial charge < -0.3 is 0 Å². The van der Waals surface area contributed by atoms with Gasteiger partial charge in [0.1, 0.15) is 0 Å². The Morgan fingerprint density at radius 3 is 2.54 bits per heavy atom. The lowest BCUT2D eigenvalue weighted by atomic mass is 9.91. The average molecular weight is 203 g/mol. The maximum absolute atomic E-state index is 6.37. The van der Waals surface area contributed by atoms with Crippen molar-refractivity contribution in [3.05, 3.63) is 0 Å². The molecule has 1 aliphatic carbocycles. The predicted molar refractivity (Wildman–Crippen MR) is 60.3 cm³/mol. The Balaban J connectivity index is 2.27. The van der Waals surface area contributed by atoms with E-state index in [-0.39, 0.29) is 0 Å². The van der Waals surface area contributed by atoms with E-state index in [2.05, 4.69) is 13.8 Å². The van der Waals surface area contributed by atoms with Crippen molar-refractivity contribution in [3.8, 4) is 0 Å². The molecule has 1 saturated carbocycles. The fourth-order valence-corrected chi connectivity index (χ4v) is 2.62. The summed E-state index contributed by atoms with van der Waals surface area (Å²) in [5.74, 6) is 1.65. The largest absolute Gasteiger partial charge is 0.123 e. The molecule has 1 aliphatic rings. The van der Waals surface area contributed by atoms with Gasteiger partial charge in [-0.05, 0) is 31.1 Å². The lowest BCUT2D eigenvalue weighted by molar-refractivity contribution is 0.389. The molecule has 1 heteroatoms. The van der Waals surface area contributed by atoms with Crippen LogP contribution in [0.5, 0.6) is 0 Å². The van der Waals surface area contributed by atoms with Crippen molar-refractivity contribution in [1.82, 2.24) is 0 Å². The topological polar surface area (TPSA) is 0 Å². The minimum absolute atomic E-state index is 0.473. The molecule has 0 bridgehead atoms. The van der Waals surface area contributed by atoms with Crippen LogP contribution in [0.15, 0.2) is 0 Å². The molecule has 1 fully saturated rings. The number of hydrogen-bond donors (Lipinski definition) is 0. The molecule has 0 aromatic heterocycles. The monoisotopic (exact) mass is 202 g/mol. The first kappa shape index (κ1) is 11.4. The Morgan fingerprint density at radius 1 is 1.15 bits per heavy atom. The van der Waals surface area contributed by atoms with Crippen LogP contribution in [0.4, 0.5) is 0 Å². The fourth-order valence-electron chi connectivity index (χ4n) is 2.21. The van der Waals surface area contributed by atoms with E-state index in [1.807, 2.05) is 0 Å². The van der Waals surface area contributed by atoms with Gasteiger partial charge in [-0.25, -0.2) is 0 Å². The highest BCUT2D eigenvalue weighted by atomic mass is 35.5. The van der Waals surface area contributed by atoms with Gasteiger partial charge >= 0.3 is 0 Å². The Morgan fingerprint density at radius 2 is 1.85 bits per heavy atom. The molecule has 13 heavy (non-hydrogen) atoms. The fraction of sp³-hybridized carbons (Fsp3) is 1.00. The predicted octanol–water partition coefficient (Wildman–Crippen LogP) is 4.61. The molecule has 0 aromatic carbocycles. The highest BCUT2D eigenvalue weighted by Gasteiger charge is 2.21. The van der Waals surface area contributed by atoms with Crippen molar-refractivity contribution in [2.75, 3.05) is 0 Å². The summed E-state index contributed by atoms with van der Waals surface area (Å²) in [6.45, 7) is 4.61. The first-order valence-electron chi connectivity index (χ1n) is 5.84. The third kappa shape index (κ3) is 4.35. The van der Waals surface area contributed by atoms with E-state index < -0.39 is 0 Å². The van der Waals surface area contributed by atoms with Gasteiger partial charge in [-0.2, -0.15) is 0 Å². The molecule has 78 valence electrons. The summed E-state index contributed by atoms with van der Waals surface area (Å²) in [6, 6.07) is 0. The van der Waals surface area contributed by atoms with Crippen LogP contribution in [0.3, 0.4) is 0 Å². The Labute approximate surface area is 88.1 Å². The molecule has 0 amide bonds. The molecule has 0 saturated heterocycles. The number of halogens is 1. The summed E-state index contributed by atoms with van der Waals surface area (Å²) in [6.07, 6.45) is 9.50. The van der Waals surface area contributed by atoms with Crippen molar-refractivity contribution < 1.29 is 0 Å². The Kier molecular flexibility index (Phi) is 5.16. The summed E-state index contributed by atoms with van der Waals surface area (Å²) >= 11 is 6.37. The van der Waals surface area contributed by atoms with Gasteiger partial charge in [0.2, 0.25) is 0 Å². The van der Waals surface area contributed by atoms with E-state index in [1.165, 1.54) is 44.9 Å². The molecule has 0 nitrogen and oxygen atoms in total. The molecule has 0 radical (unpaired) electrons. The van der Waals surface area contributed by atoms with Crippen molar-refractivity contribution in [1.29, 1.82) is 0 Å². The van der Waals surface area contributed by atoms with Gasteiger partial charge in [-0.3, -0.25) is 0 Å². The van der Waals surface area contributed by atoms with E-state index in [4.69, 9.17) is 11.6 Å². The van der Waals surface area contributed by atoms with Crippen LogP contribution >= 0.6 is 11.6 Å². The van der Waals surface area contributed by atoms with Crippen LogP contribution in [0.25, 0.3) is 0 Å². The maximum atomic E-state index is 6.37. The molecule has 2 atom stereocenters. The van der Waals surface area contributed by atoms with E-state index in [1.54, 1.807) is 0 Å². The average Bonchev–Trinajstić information content (AvgIpc) is 2.27. The first-order chi connectivity index (χ1) is 6.20. The smallest absolute Gasteiger partial charge is 0.0364 e.